The minimum absolute atomic E-state index is 0.494. The third kappa shape index (κ3) is 3.19. The Morgan fingerprint density at radius 2 is 2.08 bits per heavy atom. The Kier molecular flexibility index (Phi) is 4.20. The van der Waals surface area contributed by atoms with E-state index in [-0.39, 0.29) is 0 Å². The van der Waals surface area contributed by atoms with Crippen molar-refractivity contribution in [3.05, 3.63) is 0 Å². The van der Waals surface area contributed by atoms with Crippen LogP contribution in [0.5, 0.6) is 0 Å². The maximum Gasteiger partial charge on any atom is 0.313 e. The number of carbonyl (C=O) groups is 1. The zero-order valence-electron chi connectivity index (χ0n) is 7.70. The van der Waals surface area contributed by atoms with Crippen LogP contribution in [0, 0.1) is 5.41 Å². The summed E-state index contributed by atoms with van der Waals surface area (Å²) in [7, 11) is 0. The first kappa shape index (κ1) is 11.4. The van der Waals surface area contributed by atoms with E-state index in [4.69, 9.17) is 10.2 Å². The topological polar surface area (TPSA) is 66.8 Å². The highest BCUT2D eigenvalue weighted by atomic mass is 16.6. The monoisotopic (exact) mass is 176 g/mol. The van der Waals surface area contributed by atoms with E-state index in [0.717, 1.165) is 0 Å². The van der Waals surface area contributed by atoms with Crippen LogP contribution in [0.15, 0.2) is 0 Å². The molecule has 0 saturated carbocycles. The number of ether oxygens (including phenoxy) is 1. The van der Waals surface area contributed by atoms with Crippen molar-refractivity contribution in [1.82, 2.24) is 0 Å². The number of hydrogen-bond donors (Lipinski definition) is 2. The van der Waals surface area contributed by atoms with Crippen LogP contribution in [-0.4, -0.2) is 29.1 Å². The molecular formula is C8H16O4. The fourth-order valence-electron chi connectivity index (χ4n) is 0.465. The Balaban J connectivity index is 4.03. The fraction of sp³-hybridized carbons (Fsp3) is 0.875. The lowest BCUT2D eigenvalue weighted by atomic mass is 9.91. The average molecular weight is 176 g/mol. The molecule has 12 heavy (non-hydrogen) atoms. The molecule has 0 bridgehead atoms. The smallest absolute Gasteiger partial charge is 0.313 e. The number of carbonyl (C=O) groups excluding carboxylic acids is 1. The number of aliphatic hydroxyl groups excluding tert-OH is 2. The summed E-state index contributed by atoms with van der Waals surface area (Å²) < 4.78 is 4.52. The Bertz CT molecular complexity index is 153. The molecule has 0 heterocycles. The molecule has 0 aromatic heterocycles. The van der Waals surface area contributed by atoms with Crippen molar-refractivity contribution in [3.63, 3.8) is 0 Å². The molecule has 0 radical (unpaired) electrons. The van der Waals surface area contributed by atoms with Gasteiger partial charge in [0.1, 0.15) is 6.61 Å². The Morgan fingerprint density at radius 3 is 2.42 bits per heavy atom. The molecule has 0 aromatic rings. The maximum atomic E-state index is 11.2. The van der Waals surface area contributed by atoms with Crippen molar-refractivity contribution in [2.45, 2.75) is 33.5 Å². The molecule has 4 nitrogen and oxygen atoms in total. The van der Waals surface area contributed by atoms with Crippen LogP contribution in [0.1, 0.15) is 27.2 Å². The highest BCUT2D eigenvalue weighted by Gasteiger charge is 2.28. The highest BCUT2D eigenvalue weighted by Crippen LogP contribution is 2.21. The van der Waals surface area contributed by atoms with E-state index < -0.39 is 24.3 Å². The molecule has 0 fully saturated rings. The van der Waals surface area contributed by atoms with E-state index in [1.807, 2.05) is 6.92 Å². The van der Waals surface area contributed by atoms with Crippen LogP contribution in [0.3, 0.4) is 0 Å². The average Bonchev–Trinajstić information content (AvgIpc) is 2.04. The number of rotatable bonds is 4. The lowest BCUT2D eigenvalue weighted by Gasteiger charge is -2.21. The van der Waals surface area contributed by atoms with E-state index in [1.54, 1.807) is 13.8 Å². The second-order valence-electron chi connectivity index (χ2n) is 3.28. The summed E-state index contributed by atoms with van der Waals surface area (Å²) in [6.07, 6.45) is -0.771. The van der Waals surface area contributed by atoms with Gasteiger partial charge in [-0.2, -0.15) is 0 Å². The first-order valence-corrected chi connectivity index (χ1v) is 3.94. The van der Waals surface area contributed by atoms with Gasteiger partial charge in [0.2, 0.25) is 6.29 Å². The van der Waals surface area contributed by atoms with Crippen LogP contribution in [0.25, 0.3) is 0 Å². The normalized spacial score (nSPS) is 14.1. The first-order valence-electron chi connectivity index (χ1n) is 3.94. The molecule has 1 unspecified atom stereocenters. The Labute approximate surface area is 72.2 Å². The highest BCUT2D eigenvalue weighted by molar-refractivity contribution is 5.75. The third-order valence-corrected chi connectivity index (χ3v) is 1.84. The summed E-state index contributed by atoms with van der Waals surface area (Å²) in [6.45, 7) is 4.73. The van der Waals surface area contributed by atoms with Crippen LogP contribution >= 0.6 is 0 Å². The minimum atomic E-state index is -1.40. The van der Waals surface area contributed by atoms with E-state index in [0.29, 0.717) is 6.42 Å². The lowest BCUT2D eigenvalue weighted by Crippen LogP contribution is -2.31. The van der Waals surface area contributed by atoms with Crippen LogP contribution in [0.4, 0.5) is 0 Å². The summed E-state index contributed by atoms with van der Waals surface area (Å²) in [5.74, 6) is -0.494. The van der Waals surface area contributed by atoms with Crippen molar-refractivity contribution in [3.8, 4) is 0 Å². The van der Waals surface area contributed by atoms with Gasteiger partial charge in [-0.05, 0) is 20.3 Å². The van der Waals surface area contributed by atoms with Crippen LogP contribution < -0.4 is 0 Å². The molecule has 0 aliphatic heterocycles. The van der Waals surface area contributed by atoms with Crippen molar-refractivity contribution < 1.29 is 19.7 Å². The van der Waals surface area contributed by atoms with Crippen molar-refractivity contribution >= 4 is 5.97 Å². The molecule has 0 spiro atoms. The fourth-order valence-corrected chi connectivity index (χ4v) is 0.465. The van der Waals surface area contributed by atoms with E-state index >= 15 is 0 Å². The molecular weight excluding hydrogens is 160 g/mol. The van der Waals surface area contributed by atoms with Crippen molar-refractivity contribution in [2.24, 2.45) is 5.41 Å². The minimum Gasteiger partial charge on any atom is -0.433 e. The van der Waals surface area contributed by atoms with E-state index in [1.165, 1.54) is 0 Å². The molecule has 0 rings (SSSR count). The predicted octanol–water partition coefficient (Wildman–Crippen LogP) is 0.277. The van der Waals surface area contributed by atoms with Gasteiger partial charge in [0.25, 0.3) is 0 Å². The molecule has 0 aromatic carbocycles. The van der Waals surface area contributed by atoms with Gasteiger partial charge in [0.15, 0.2) is 0 Å². The lowest BCUT2D eigenvalue weighted by molar-refractivity contribution is -0.183. The largest absolute Gasteiger partial charge is 0.433 e. The molecule has 0 aliphatic rings. The predicted molar refractivity (Wildman–Crippen MR) is 43.3 cm³/mol. The van der Waals surface area contributed by atoms with Gasteiger partial charge < -0.3 is 14.9 Å². The summed E-state index contributed by atoms with van der Waals surface area (Å²) in [5.41, 5.74) is -0.601. The molecule has 0 amide bonds. The van der Waals surface area contributed by atoms with E-state index in [2.05, 4.69) is 4.74 Å². The molecule has 72 valence electrons. The van der Waals surface area contributed by atoms with Gasteiger partial charge in [-0.25, -0.2) is 0 Å². The summed E-state index contributed by atoms with van der Waals surface area (Å²) in [4.78, 5) is 11.2. The Hall–Kier alpha value is -0.610. The van der Waals surface area contributed by atoms with Crippen molar-refractivity contribution in [1.29, 1.82) is 0 Å². The van der Waals surface area contributed by atoms with Gasteiger partial charge in [-0.3, -0.25) is 4.79 Å². The summed E-state index contributed by atoms with van der Waals surface area (Å²) in [5, 5.41) is 17.2. The zero-order chi connectivity index (χ0) is 9.78. The van der Waals surface area contributed by atoms with Gasteiger partial charge >= 0.3 is 5.97 Å². The van der Waals surface area contributed by atoms with Crippen LogP contribution in [-0.2, 0) is 9.53 Å². The number of esters is 1. The standard InChI is InChI=1S/C8H16O4/c1-4-8(2,3)7(11)12-6(10)5-9/h6,9-10H,4-5H2,1-3H3. The second-order valence-corrected chi connectivity index (χ2v) is 3.28. The second kappa shape index (κ2) is 4.42. The first-order chi connectivity index (χ1) is 5.44. The summed E-state index contributed by atoms with van der Waals surface area (Å²) in [6, 6.07) is 0. The molecule has 0 aliphatic carbocycles. The van der Waals surface area contributed by atoms with Gasteiger partial charge in [0, 0.05) is 0 Å². The zero-order valence-corrected chi connectivity index (χ0v) is 7.70. The number of hydrogen-bond acceptors (Lipinski definition) is 4. The SMILES string of the molecule is CCC(C)(C)C(=O)OC(O)CO. The van der Waals surface area contributed by atoms with Gasteiger partial charge in [-0.15, -0.1) is 0 Å². The molecule has 2 N–H and O–H groups in total. The third-order valence-electron chi connectivity index (χ3n) is 1.84. The molecule has 0 saturated heterocycles. The quantitative estimate of drug-likeness (QED) is 0.477. The molecule has 4 heteroatoms. The molecule has 1 atom stereocenters. The summed E-state index contributed by atoms with van der Waals surface area (Å²) >= 11 is 0. The van der Waals surface area contributed by atoms with Gasteiger partial charge in [0.05, 0.1) is 5.41 Å². The van der Waals surface area contributed by atoms with Crippen molar-refractivity contribution in [2.75, 3.05) is 6.61 Å². The van der Waals surface area contributed by atoms with Gasteiger partial charge in [-0.1, -0.05) is 6.92 Å². The van der Waals surface area contributed by atoms with E-state index in [9.17, 15) is 4.79 Å². The van der Waals surface area contributed by atoms with Crippen LogP contribution in [0.2, 0.25) is 0 Å². The Morgan fingerprint density at radius 1 is 1.58 bits per heavy atom. The maximum absolute atomic E-state index is 11.2. The number of aliphatic hydroxyl groups is 2.